The maximum Gasteiger partial charge on any atom is 0.416 e. The first-order valence-corrected chi connectivity index (χ1v) is 14.3. The Kier molecular flexibility index (Phi) is 9.88. The third kappa shape index (κ3) is 7.61. The van der Waals surface area contributed by atoms with E-state index >= 15 is 0 Å². The van der Waals surface area contributed by atoms with Gasteiger partial charge in [0.2, 0.25) is 5.91 Å². The van der Waals surface area contributed by atoms with E-state index in [4.69, 9.17) is 4.74 Å². The highest BCUT2D eigenvalue weighted by atomic mass is 19.4. The lowest BCUT2D eigenvalue weighted by atomic mass is 9.93. The molecule has 0 N–H and O–H groups in total. The van der Waals surface area contributed by atoms with E-state index in [0.29, 0.717) is 48.5 Å². The third-order valence-electron chi connectivity index (χ3n) is 8.31. The third-order valence-corrected chi connectivity index (χ3v) is 8.31. The number of rotatable bonds is 5. The number of halogens is 7. The molecule has 0 radical (unpaired) electrons. The predicted molar refractivity (Wildman–Crippen MR) is 149 cm³/mol. The molecule has 2 aromatic carbocycles. The van der Waals surface area contributed by atoms with Crippen LogP contribution in [0.5, 0.6) is 0 Å². The summed E-state index contributed by atoms with van der Waals surface area (Å²) in [4.78, 5) is 44.2. The Bertz CT molecular complexity index is 1360. The zero-order valence-electron chi connectivity index (χ0n) is 24.8. The van der Waals surface area contributed by atoms with Crippen molar-refractivity contribution < 1.29 is 49.9 Å². The summed E-state index contributed by atoms with van der Waals surface area (Å²) in [6.45, 7) is 2.69. The molecule has 4 rings (SSSR count). The van der Waals surface area contributed by atoms with Crippen LogP contribution in [-0.4, -0.2) is 85.7 Å². The minimum Gasteiger partial charge on any atom is -0.450 e. The Balaban J connectivity index is 1.58. The second-order valence-corrected chi connectivity index (χ2v) is 11.1. The molecule has 0 spiro atoms. The van der Waals surface area contributed by atoms with Crippen molar-refractivity contribution in [2.24, 2.45) is 5.92 Å². The van der Waals surface area contributed by atoms with Gasteiger partial charge in [-0.3, -0.25) is 9.69 Å². The molecule has 4 amide bonds. The normalized spacial score (nSPS) is 19.4. The van der Waals surface area contributed by atoms with Gasteiger partial charge in [0.25, 0.3) is 0 Å². The number of likely N-dealkylation sites (N-methyl/N-ethyl adjacent to an activating group) is 1. The minimum absolute atomic E-state index is 0.0193. The van der Waals surface area contributed by atoms with Crippen molar-refractivity contribution >= 4 is 23.7 Å². The lowest BCUT2D eigenvalue weighted by molar-refractivity contribution is -0.143. The Labute approximate surface area is 255 Å². The van der Waals surface area contributed by atoms with Crippen molar-refractivity contribution in [2.45, 2.75) is 44.1 Å². The van der Waals surface area contributed by atoms with Crippen LogP contribution < -0.4 is 4.90 Å². The molecule has 2 aromatic rings. The van der Waals surface area contributed by atoms with E-state index < -0.39 is 65.0 Å². The van der Waals surface area contributed by atoms with Gasteiger partial charge >= 0.3 is 24.5 Å². The average Bonchev–Trinajstić information content (AvgIpc) is 3.44. The first kappa shape index (κ1) is 33.8. The molecule has 246 valence electrons. The first-order chi connectivity index (χ1) is 21.0. The molecule has 8 nitrogen and oxygen atoms in total. The second kappa shape index (κ2) is 13.1. The fraction of sp³-hybridized carbons (Fsp3) is 0.500. The summed E-state index contributed by atoms with van der Waals surface area (Å²) in [6, 6.07) is 4.70. The van der Waals surface area contributed by atoms with Crippen LogP contribution in [0, 0.1) is 11.7 Å². The molecule has 0 bridgehead atoms. The van der Waals surface area contributed by atoms with Crippen molar-refractivity contribution in [2.75, 3.05) is 51.8 Å². The minimum atomic E-state index is -5.10. The summed E-state index contributed by atoms with van der Waals surface area (Å²) in [6.07, 6.45) is -9.90. The van der Waals surface area contributed by atoms with Gasteiger partial charge in [-0.25, -0.2) is 14.0 Å². The van der Waals surface area contributed by atoms with E-state index in [1.165, 1.54) is 41.1 Å². The number of urea groups is 1. The summed E-state index contributed by atoms with van der Waals surface area (Å²) in [7, 11) is 2.42. The van der Waals surface area contributed by atoms with E-state index in [9.17, 15) is 45.1 Å². The van der Waals surface area contributed by atoms with E-state index in [0.717, 1.165) is 7.05 Å². The van der Waals surface area contributed by atoms with Crippen molar-refractivity contribution in [3.8, 4) is 0 Å². The lowest BCUT2D eigenvalue weighted by Crippen LogP contribution is -2.48. The molecule has 0 saturated carbocycles. The van der Waals surface area contributed by atoms with Crippen molar-refractivity contribution in [1.82, 2.24) is 14.7 Å². The maximum atomic E-state index is 13.7. The summed E-state index contributed by atoms with van der Waals surface area (Å²) >= 11 is 0. The zero-order valence-corrected chi connectivity index (χ0v) is 24.8. The van der Waals surface area contributed by atoms with Crippen LogP contribution in [0.3, 0.4) is 0 Å². The quantitative estimate of drug-likeness (QED) is 0.362. The Morgan fingerprint density at radius 1 is 0.867 bits per heavy atom. The average molecular weight is 647 g/mol. The molecule has 45 heavy (non-hydrogen) atoms. The molecule has 2 aliphatic rings. The molecule has 2 fully saturated rings. The van der Waals surface area contributed by atoms with Gasteiger partial charge in [-0.1, -0.05) is 12.1 Å². The number of alkyl halides is 6. The number of hydrogen-bond acceptors (Lipinski definition) is 4. The van der Waals surface area contributed by atoms with E-state index in [-0.39, 0.29) is 31.7 Å². The molecule has 0 aliphatic carbocycles. The number of carbonyl (C=O) groups is 3. The molecule has 2 aliphatic heterocycles. The van der Waals surface area contributed by atoms with Crippen LogP contribution in [0.2, 0.25) is 0 Å². The van der Waals surface area contributed by atoms with Crippen molar-refractivity contribution in [3.63, 3.8) is 0 Å². The predicted octanol–water partition coefficient (Wildman–Crippen LogP) is 6.21. The van der Waals surface area contributed by atoms with Gasteiger partial charge < -0.3 is 19.4 Å². The molecule has 15 heteroatoms. The van der Waals surface area contributed by atoms with Crippen molar-refractivity contribution in [1.29, 1.82) is 0 Å². The van der Waals surface area contributed by atoms with Gasteiger partial charge in [0.05, 0.1) is 23.8 Å². The summed E-state index contributed by atoms with van der Waals surface area (Å²) < 4.78 is 99.6. The number of hydrogen-bond donors (Lipinski definition) is 0. The SMILES string of the molecule is CCOC(=O)N1CCC(C(=O)N2C[C@@H](N(C)C(=O)N(C)c3cc(C(F)(F)F)cc(C(F)(F)F)c3)[C@H](c3ccc(F)cc3)C2)CC1. The summed E-state index contributed by atoms with van der Waals surface area (Å²) in [5.74, 6) is -1.68. The van der Waals surface area contributed by atoms with E-state index in [1.807, 2.05) is 0 Å². The summed E-state index contributed by atoms with van der Waals surface area (Å²) in [5, 5.41) is 0. The van der Waals surface area contributed by atoms with Gasteiger partial charge in [-0.15, -0.1) is 0 Å². The van der Waals surface area contributed by atoms with Gasteiger partial charge in [-0.05, 0) is 55.7 Å². The number of anilines is 1. The smallest absolute Gasteiger partial charge is 0.416 e. The maximum absolute atomic E-state index is 13.7. The number of nitrogens with zero attached hydrogens (tertiary/aromatic N) is 4. The standard InChI is InChI=1S/C30H33F7N4O4/c1-4-45-28(44)40-11-9-19(10-12-40)26(42)41-16-24(18-5-7-22(31)8-6-18)25(17-41)39(3)27(43)38(2)23-14-20(29(32,33)34)13-21(15-23)30(35,36)37/h5-8,13-15,19,24-25H,4,9-12,16-17H2,1-3H3/t24-,25+/m0/s1. The van der Waals surface area contributed by atoms with Gasteiger partial charge in [0.15, 0.2) is 0 Å². The monoisotopic (exact) mass is 646 g/mol. The fourth-order valence-corrected chi connectivity index (χ4v) is 5.80. The van der Waals surface area contributed by atoms with Crippen molar-refractivity contribution in [3.05, 3.63) is 65.0 Å². The zero-order chi connectivity index (χ0) is 33.3. The van der Waals surface area contributed by atoms with Crippen LogP contribution in [0.4, 0.5) is 46.0 Å². The van der Waals surface area contributed by atoms with Crippen LogP contribution in [-0.2, 0) is 21.9 Å². The number of amides is 4. The highest BCUT2D eigenvalue weighted by Gasteiger charge is 2.43. The van der Waals surface area contributed by atoms with E-state index in [2.05, 4.69) is 0 Å². The number of likely N-dealkylation sites (tertiary alicyclic amines) is 2. The Morgan fingerprint density at radius 2 is 1.42 bits per heavy atom. The number of carbonyl (C=O) groups excluding carboxylic acids is 3. The Hall–Kier alpha value is -4.04. The Morgan fingerprint density at radius 3 is 1.93 bits per heavy atom. The second-order valence-electron chi connectivity index (χ2n) is 11.1. The number of piperidine rings is 1. The highest BCUT2D eigenvalue weighted by Crippen LogP contribution is 2.39. The van der Waals surface area contributed by atoms with Crippen LogP contribution in [0.25, 0.3) is 0 Å². The fourth-order valence-electron chi connectivity index (χ4n) is 5.80. The molecule has 2 atom stereocenters. The molecule has 0 aromatic heterocycles. The van der Waals surface area contributed by atoms with Gasteiger partial charge in [-0.2, -0.15) is 26.3 Å². The molecular formula is C30H33F7N4O4. The molecule has 2 saturated heterocycles. The topological polar surface area (TPSA) is 73.4 Å². The van der Waals surface area contributed by atoms with Gasteiger partial charge in [0.1, 0.15) is 5.82 Å². The molecule has 2 heterocycles. The first-order valence-electron chi connectivity index (χ1n) is 14.3. The van der Waals surface area contributed by atoms with E-state index in [1.54, 1.807) is 11.8 Å². The van der Waals surface area contributed by atoms with Gasteiger partial charge in [0, 0.05) is 57.8 Å². The van der Waals surface area contributed by atoms with Crippen LogP contribution in [0.1, 0.15) is 42.4 Å². The largest absolute Gasteiger partial charge is 0.450 e. The summed E-state index contributed by atoms with van der Waals surface area (Å²) in [5.41, 5.74) is -3.16. The van der Waals surface area contributed by atoms with Crippen LogP contribution >= 0.6 is 0 Å². The lowest BCUT2D eigenvalue weighted by Gasteiger charge is -2.33. The number of ether oxygens (including phenoxy) is 1. The number of benzene rings is 2. The molecular weight excluding hydrogens is 613 g/mol. The van der Waals surface area contributed by atoms with Crippen LogP contribution in [0.15, 0.2) is 42.5 Å². The molecule has 0 unspecified atom stereocenters. The highest BCUT2D eigenvalue weighted by molar-refractivity contribution is 5.92.